The summed E-state index contributed by atoms with van der Waals surface area (Å²) < 4.78 is 0. The lowest BCUT2D eigenvalue weighted by atomic mass is 10.2. The van der Waals surface area contributed by atoms with Gasteiger partial charge in [0.05, 0.1) is 10.9 Å². The second kappa shape index (κ2) is 3.25. The highest BCUT2D eigenvalue weighted by Crippen LogP contribution is 2.08. The maximum Gasteiger partial charge on any atom is 0.191 e. The van der Waals surface area contributed by atoms with Gasteiger partial charge in [-0.25, -0.2) is 0 Å². The van der Waals surface area contributed by atoms with Crippen molar-refractivity contribution in [3.8, 4) is 0 Å². The summed E-state index contributed by atoms with van der Waals surface area (Å²) in [6.45, 7) is 3.93. The van der Waals surface area contributed by atoms with Gasteiger partial charge in [0.15, 0.2) is 5.43 Å². The zero-order valence-corrected chi connectivity index (χ0v) is 8.29. The molecule has 0 unspecified atom stereocenters. The smallest absolute Gasteiger partial charge is 0.191 e. The molecule has 0 bridgehead atoms. The minimum Gasteiger partial charge on any atom is -0.358 e. The first-order valence-corrected chi connectivity index (χ1v) is 4.69. The number of nitrogens with one attached hydrogen (secondary N) is 1. The first-order chi connectivity index (χ1) is 6.70. The summed E-state index contributed by atoms with van der Waals surface area (Å²) in [7, 11) is 0. The van der Waals surface area contributed by atoms with Crippen LogP contribution in [0.4, 0.5) is 0 Å². The number of pyridine rings is 2. The maximum atomic E-state index is 11.5. The molecule has 0 aliphatic carbocycles. The van der Waals surface area contributed by atoms with E-state index < -0.39 is 0 Å². The summed E-state index contributed by atoms with van der Waals surface area (Å²) >= 11 is 0. The quantitative estimate of drug-likeness (QED) is 0.741. The Morgan fingerprint density at radius 2 is 2.21 bits per heavy atom. The van der Waals surface area contributed by atoms with Crippen molar-refractivity contribution in [3.05, 3.63) is 39.9 Å². The number of nitrogens with zero attached hydrogens (tertiary/aromatic N) is 1. The van der Waals surface area contributed by atoms with E-state index >= 15 is 0 Å². The Morgan fingerprint density at radius 1 is 1.43 bits per heavy atom. The van der Waals surface area contributed by atoms with E-state index in [0.29, 0.717) is 5.39 Å². The first-order valence-electron chi connectivity index (χ1n) is 4.69. The molecule has 14 heavy (non-hydrogen) atoms. The fraction of sp³-hybridized carbons (Fsp3) is 0.273. The van der Waals surface area contributed by atoms with Crippen molar-refractivity contribution in [1.82, 2.24) is 9.97 Å². The Bertz CT molecular complexity index is 528. The van der Waals surface area contributed by atoms with Crippen molar-refractivity contribution < 1.29 is 0 Å². The van der Waals surface area contributed by atoms with Crippen molar-refractivity contribution in [2.45, 2.75) is 20.3 Å². The van der Waals surface area contributed by atoms with Crippen LogP contribution < -0.4 is 5.43 Å². The van der Waals surface area contributed by atoms with Crippen LogP contribution in [0, 0.1) is 6.92 Å². The summed E-state index contributed by atoms with van der Waals surface area (Å²) in [5, 5.41) is 0.660. The summed E-state index contributed by atoms with van der Waals surface area (Å²) in [6, 6.07) is 3.53. The fourth-order valence-electron chi connectivity index (χ4n) is 1.51. The Hall–Kier alpha value is -1.64. The van der Waals surface area contributed by atoms with E-state index in [0.717, 1.165) is 23.3 Å². The van der Waals surface area contributed by atoms with Crippen molar-refractivity contribution in [2.24, 2.45) is 0 Å². The lowest BCUT2D eigenvalue weighted by molar-refractivity contribution is 1.04. The van der Waals surface area contributed by atoms with E-state index in [4.69, 9.17) is 0 Å². The van der Waals surface area contributed by atoms with Gasteiger partial charge in [-0.1, -0.05) is 6.92 Å². The Labute approximate surface area is 81.8 Å². The van der Waals surface area contributed by atoms with E-state index in [2.05, 4.69) is 9.97 Å². The van der Waals surface area contributed by atoms with Gasteiger partial charge in [0.2, 0.25) is 0 Å². The number of fused-ring (bicyclic) bond motifs is 1. The van der Waals surface area contributed by atoms with Gasteiger partial charge in [-0.2, -0.15) is 0 Å². The Balaban J connectivity index is 2.82. The third-order valence-corrected chi connectivity index (χ3v) is 2.27. The molecule has 72 valence electrons. The molecule has 0 fully saturated rings. The Morgan fingerprint density at radius 3 is 2.93 bits per heavy atom. The number of hydrogen-bond donors (Lipinski definition) is 1. The number of hydrogen-bond acceptors (Lipinski definition) is 2. The maximum absolute atomic E-state index is 11.5. The number of aryl methyl sites for hydroxylation is 2. The zero-order chi connectivity index (χ0) is 10.1. The van der Waals surface area contributed by atoms with E-state index in [-0.39, 0.29) is 5.43 Å². The number of aromatic amines is 1. The molecule has 2 rings (SSSR count). The topological polar surface area (TPSA) is 45.8 Å². The first kappa shape index (κ1) is 8.94. The van der Waals surface area contributed by atoms with Crippen molar-refractivity contribution in [2.75, 3.05) is 0 Å². The van der Waals surface area contributed by atoms with Gasteiger partial charge in [0, 0.05) is 23.7 Å². The number of aromatic nitrogens is 2. The van der Waals surface area contributed by atoms with Crippen molar-refractivity contribution in [1.29, 1.82) is 0 Å². The molecule has 1 N–H and O–H groups in total. The van der Waals surface area contributed by atoms with Crippen LogP contribution in [0.3, 0.4) is 0 Å². The van der Waals surface area contributed by atoms with E-state index in [9.17, 15) is 4.79 Å². The van der Waals surface area contributed by atoms with Gasteiger partial charge in [0.1, 0.15) is 0 Å². The van der Waals surface area contributed by atoms with Crippen LogP contribution in [0.1, 0.15) is 18.3 Å². The van der Waals surface area contributed by atoms with Gasteiger partial charge in [-0.15, -0.1) is 0 Å². The third kappa shape index (κ3) is 1.41. The van der Waals surface area contributed by atoms with Gasteiger partial charge in [0.25, 0.3) is 0 Å². The average molecular weight is 188 g/mol. The van der Waals surface area contributed by atoms with Gasteiger partial charge < -0.3 is 4.98 Å². The molecule has 0 atom stereocenters. The highest BCUT2D eigenvalue weighted by atomic mass is 16.1. The molecule has 0 saturated heterocycles. The highest BCUT2D eigenvalue weighted by molar-refractivity contribution is 5.77. The molecule has 0 aromatic carbocycles. The zero-order valence-electron chi connectivity index (χ0n) is 8.29. The molecule has 3 nitrogen and oxygen atoms in total. The second-order valence-corrected chi connectivity index (χ2v) is 3.39. The molecular formula is C11H12N2O. The van der Waals surface area contributed by atoms with Crippen LogP contribution in [-0.4, -0.2) is 9.97 Å². The Kier molecular flexibility index (Phi) is 2.08. The predicted molar refractivity (Wildman–Crippen MR) is 56.5 cm³/mol. The lowest BCUT2D eigenvalue weighted by Crippen LogP contribution is -2.04. The fourth-order valence-corrected chi connectivity index (χ4v) is 1.51. The van der Waals surface area contributed by atoms with Crippen LogP contribution in [0.25, 0.3) is 10.9 Å². The normalized spacial score (nSPS) is 10.7. The molecule has 0 amide bonds. The van der Waals surface area contributed by atoms with E-state index in [1.54, 1.807) is 12.3 Å². The predicted octanol–water partition coefficient (Wildman–Crippen LogP) is 1.79. The third-order valence-electron chi connectivity index (χ3n) is 2.27. The summed E-state index contributed by atoms with van der Waals surface area (Å²) in [6.07, 6.45) is 2.53. The SMILES string of the molecule is CCc1cc2[nH]c(C)cc(=O)c2cn1. The molecule has 2 heterocycles. The van der Waals surface area contributed by atoms with Gasteiger partial charge >= 0.3 is 0 Å². The molecule has 0 radical (unpaired) electrons. The highest BCUT2D eigenvalue weighted by Gasteiger charge is 2.01. The van der Waals surface area contributed by atoms with Crippen LogP contribution in [-0.2, 0) is 6.42 Å². The second-order valence-electron chi connectivity index (χ2n) is 3.39. The molecule has 0 aliphatic heterocycles. The monoisotopic (exact) mass is 188 g/mol. The lowest BCUT2D eigenvalue weighted by Gasteiger charge is -2.01. The van der Waals surface area contributed by atoms with Crippen LogP contribution in [0.15, 0.2) is 23.1 Å². The molecular weight excluding hydrogens is 176 g/mol. The standard InChI is InChI=1S/C11H12N2O/c1-3-8-5-10-9(6-12-8)11(14)4-7(2)13-10/h4-6H,3H2,1-2H3,(H,13,14). The van der Waals surface area contributed by atoms with Crippen LogP contribution in [0.2, 0.25) is 0 Å². The molecule has 0 spiro atoms. The molecule has 2 aromatic rings. The largest absolute Gasteiger partial charge is 0.358 e. The summed E-state index contributed by atoms with van der Waals surface area (Å²) in [5.74, 6) is 0. The minimum atomic E-state index is 0.0337. The van der Waals surface area contributed by atoms with Crippen LogP contribution in [0.5, 0.6) is 0 Å². The molecule has 3 heteroatoms. The minimum absolute atomic E-state index is 0.0337. The van der Waals surface area contributed by atoms with E-state index in [1.807, 2.05) is 19.9 Å². The van der Waals surface area contributed by atoms with E-state index in [1.165, 1.54) is 0 Å². The summed E-state index contributed by atoms with van der Waals surface area (Å²) in [4.78, 5) is 18.9. The van der Waals surface area contributed by atoms with Gasteiger partial charge in [-0.05, 0) is 19.4 Å². The number of H-pyrrole nitrogens is 1. The van der Waals surface area contributed by atoms with Crippen LogP contribution >= 0.6 is 0 Å². The summed E-state index contributed by atoms with van der Waals surface area (Å²) in [5.41, 5.74) is 2.79. The average Bonchev–Trinajstić information content (AvgIpc) is 2.16. The van der Waals surface area contributed by atoms with Crippen molar-refractivity contribution in [3.63, 3.8) is 0 Å². The number of rotatable bonds is 1. The molecule has 2 aromatic heterocycles. The van der Waals surface area contributed by atoms with Crippen molar-refractivity contribution >= 4 is 10.9 Å². The molecule has 0 aliphatic rings. The molecule has 0 saturated carbocycles. The van der Waals surface area contributed by atoms with Gasteiger partial charge in [-0.3, -0.25) is 9.78 Å².